The van der Waals surface area contributed by atoms with Gasteiger partial charge in [0.1, 0.15) is 0 Å². The van der Waals surface area contributed by atoms with E-state index in [1.54, 1.807) is 0 Å². The van der Waals surface area contributed by atoms with Crippen LogP contribution in [0.1, 0.15) is 52.9 Å². The van der Waals surface area contributed by atoms with E-state index < -0.39 is 0 Å². The average molecular weight is 210 g/mol. The first-order valence-corrected chi connectivity index (χ1v) is 6.63. The fraction of sp³-hybridized carbons (Fsp3) is 1.00. The number of hydrogen-bond donors (Lipinski definition) is 1. The quantitative estimate of drug-likeness (QED) is 0.758. The van der Waals surface area contributed by atoms with Gasteiger partial charge in [-0.3, -0.25) is 4.90 Å². The molecule has 1 saturated heterocycles. The lowest BCUT2D eigenvalue weighted by molar-refractivity contribution is -0.0547. The lowest BCUT2D eigenvalue weighted by Crippen LogP contribution is -2.63. The van der Waals surface area contributed by atoms with Gasteiger partial charge in [-0.15, -0.1) is 0 Å². The zero-order chi connectivity index (χ0) is 11.1. The summed E-state index contributed by atoms with van der Waals surface area (Å²) in [5, 5.41) is 0. The largest absolute Gasteiger partial charge is 0.327 e. The maximum Gasteiger partial charge on any atom is 0.0210 e. The zero-order valence-electron chi connectivity index (χ0n) is 10.5. The Kier molecular flexibility index (Phi) is 3.09. The Labute approximate surface area is 94.2 Å². The number of rotatable bonds is 2. The Bertz CT molecular complexity index is 217. The average Bonchev–Trinajstić information content (AvgIpc) is 2.17. The molecule has 1 saturated carbocycles. The van der Waals surface area contributed by atoms with Crippen LogP contribution in [0, 0.1) is 5.92 Å². The normalized spacial score (nSPS) is 41.2. The van der Waals surface area contributed by atoms with Crippen molar-refractivity contribution in [3.8, 4) is 0 Å². The first kappa shape index (κ1) is 11.4. The molecule has 0 radical (unpaired) electrons. The molecule has 88 valence electrons. The van der Waals surface area contributed by atoms with Crippen molar-refractivity contribution in [3.05, 3.63) is 0 Å². The molecule has 0 amide bonds. The maximum absolute atomic E-state index is 6.15. The lowest BCUT2D eigenvalue weighted by Gasteiger charge is -2.56. The van der Waals surface area contributed by atoms with Gasteiger partial charge in [0.2, 0.25) is 0 Å². The molecule has 3 atom stereocenters. The summed E-state index contributed by atoms with van der Waals surface area (Å²) in [4.78, 5) is 2.77. The fourth-order valence-corrected chi connectivity index (χ4v) is 3.49. The summed E-state index contributed by atoms with van der Waals surface area (Å²) >= 11 is 0. The highest BCUT2D eigenvalue weighted by atomic mass is 15.2. The smallest absolute Gasteiger partial charge is 0.0210 e. The molecule has 1 aliphatic carbocycles. The monoisotopic (exact) mass is 210 g/mol. The molecule has 0 aromatic rings. The summed E-state index contributed by atoms with van der Waals surface area (Å²) in [6.07, 6.45) is 6.76. The molecule has 2 fully saturated rings. The molecule has 1 heterocycles. The van der Waals surface area contributed by atoms with Crippen molar-refractivity contribution in [1.82, 2.24) is 4.90 Å². The first-order valence-electron chi connectivity index (χ1n) is 6.63. The summed E-state index contributed by atoms with van der Waals surface area (Å²) in [6.45, 7) is 8.27. The maximum atomic E-state index is 6.15. The molecule has 2 heteroatoms. The zero-order valence-corrected chi connectivity index (χ0v) is 10.5. The summed E-state index contributed by atoms with van der Waals surface area (Å²) in [7, 11) is 0. The van der Waals surface area contributed by atoms with Gasteiger partial charge >= 0.3 is 0 Å². The van der Waals surface area contributed by atoms with Crippen LogP contribution in [-0.4, -0.2) is 29.1 Å². The van der Waals surface area contributed by atoms with Crippen LogP contribution in [0.25, 0.3) is 0 Å². The Balaban J connectivity index is 2.09. The van der Waals surface area contributed by atoms with E-state index in [0.29, 0.717) is 23.5 Å². The minimum atomic E-state index is 0.422. The standard InChI is InChI=1S/C13H26N2/c1-4-13(7-5-8-13)15-9-6-12(14)10(2)11(15)3/h10-12H,4-9,14H2,1-3H3. The van der Waals surface area contributed by atoms with Crippen LogP contribution in [0.4, 0.5) is 0 Å². The van der Waals surface area contributed by atoms with E-state index in [2.05, 4.69) is 25.7 Å². The molecule has 2 rings (SSSR count). The van der Waals surface area contributed by atoms with Gasteiger partial charge < -0.3 is 5.73 Å². The van der Waals surface area contributed by atoms with E-state index in [0.717, 1.165) is 0 Å². The SMILES string of the molecule is CCC1(N2CCC(N)C(C)C2C)CCC1. The van der Waals surface area contributed by atoms with Gasteiger partial charge in [-0.25, -0.2) is 0 Å². The van der Waals surface area contributed by atoms with Crippen molar-refractivity contribution in [2.24, 2.45) is 11.7 Å². The molecule has 1 aliphatic heterocycles. The molecule has 0 bridgehead atoms. The van der Waals surface area contributed by atoms with Crippen LogP contribution < -0.4 is 5.73 Å². The van der Waals surface area contributed by atoms with Gasteiger partial charge in [0.15, 0.2) is 0 Å². The molecule has 0 spiro atoms. The molecule has 0 aromatic carbocycles. The van der Waals surface area contributed by atoms with Crippen molar-refractivity contribution in [1.29, 1.82) is 0 Å². The summed E-state index contributed by atoms with van der Waals surface area (Å²) in [5.41, 5.74) is 6.70. The second kappa shape index (κ2) is 4.06. The predicted octanol–water partition coefficient (Wildman–Crippen LogP) is 2.38. The Morgan fingerprint density at radius 1 is 1.33 bits per heavy atom. The van der Waals surface area contributed by atoms with Gasteiger partial charge in [-0.2, -0.15) is 0 Å². The predicted molar refractivity (Wildman–Crippen MR) is 64.8 cm³/mol. The van der Waals surface area contributed by atoms with E-state index in [1.807, 2.05) is 0 Å². The molecular formula is C13H26N2. The Hall–Kier alpha value is -0.0800. The molecule has 0 aromatic heterocycles. The van der Waals surface area contributed by atoms with Crippen molar-refractivity contribution < 1.29 is 0 Å². The first-order chi connectivity index (χ1) is 7.10. The molecule has 2 N–H and O–H groups in total. The fourth-order valence-electron chi connectivity index (χ4n) is 3.49. The number of nitrogens with zero attached hydrogens (tertiary/aromatic N) is 1. The molecular weight excluding hydrogens is 184 g/mol. The topological polar surface area (TPSA) is 29.3 Å². The Morgan fingerprint density at radius 3 is 2.47 bits per heavy atom. The number of likely N-dealkylation sites (tertiary alicyclic amines) is 1. The molecule has 2 aliphatic rings. The third kappa shape index (κ3) is 1.72. The minimum Gasteiger partial charge on any atom is -0.327 e. The number of nitrogens with two attached hydrogens (primary N) is 1. The highest BCUT2D eigenvalue weighted by Gasteiger charge is 2.45. The van der Waals surface area contributed by atoms with Gasteiger partial charge in [0.05, 0.1) is 0 Å². The van der Waals surface area contributed by atoms with Crippen molar-refractivity contribution in [2.75, 3.05) is 6.54 Å². The van der Waals surface area contributed by atoms with Crippen LogP contribution in [0.3, 0.4) is 0 Å². The van der Waals surface area contributed by atoms with E-state index >= 15 is 0 Å². The number of hydrogen-bond acceptors (Lipinski definition) is 2. The van der Waals surface area contributed by atoms with Crippen LogP contribution in [-0.2, 0) is 0 Å². The van der Waals surface area contributed by atoms with Crippen LogP contribution >= 0.6 is 0 Å². The summed E-state index contributed by atoms with van der Waals surface area (Å²) in [6, 6.07) is 1.10. The second-order valence-electron chi connectivity index (χ2n) is 5.68. The van der Waals surface area contributed by atoms with Crippen molar-refractivity contribution >= 4 is 0 Å². The molecule has 15 heavy (non-hydrogen) atoms. The summed E-state index contributed by atoms with van der Waals surface area (Å²) < 4.78 is 0. The van der Waals surface area contributed by atoms with Crippen molar-refractivity contribution in [3.63, 3.8) is 0 Å². The highest BCUT2D eigenvalue weighted by molar-refractivity contribution is 5.02. The van der Waals surface area contributed by atoms with Crippen LogP contribution in [0.2, 0.25) is 0 Å². The minimum absolute atomic E-state index is 0.422. The highest BCUT2D eigenvalue weighted by Crippen LogP contribution is 2.44. The molecule has 3 unspecified atom stereocenters. The number of piperidine rings is 1. The van der Waals surface area contributed by atoms with E-state index in [-0.39, 0.29) is 0 Å². The van der Waals surface area contributed by atoms with Gasteiger partial charge in [0.25, 0.3) is 0 Å². The van der Waals surface area contributed by atoms with Crippen molar-refractivity contribution in [2.45, 2.75) is 70.5 Å². The Morgan fingerprint density at radius 2 is 2.00 bits per heavy atom. The third-order valence-electron chi connectivity index (χ3n) is 5.18. The van der Waals surface area contributed by atoms with Gasteiger partial charge in [-0.1, -0.05) is 13.8 Å². The van der Waals surface area contributed by atoms with Crippen LogP contribution in [0.15, 0.2) is 0 Å². The lowest BCUT2D eigenvalue weighted by atomic mass is 9.70. The molecule has 2 nitrogen and oxygen atoms in total. The summed E-state index contributed by atoms with van der Waals surface area (Å²) in [5.74, 6) is 0.655. The van der Waals surface area contributed by atoms with E-state index in [1.165, 1.54) is 38.6 Å². The van der Waals surface area contributed by atoms with Gasteiger partial charge in [-0.05, 0) is 44.9 Å². The van der Waals surface area contributed by atoms with Gasteiger partial charge in [0, 0.05) is 24.2 Å². The second-order valence-corrected chi connectivity index (χ2v) is 5.68. The van der Waals surface area contributed by atoms with E-state index in [9.17, 15) is 0 Å². The van der Waals surface area contributed by atoms with Crippen LogP contribution in [0.5, 0.6) is 0 Å². The van der Waals surface area contributed by atoms with E-state index in [4.69, 9.17) is 5.73 Å². The third-order valence-corrected chi connectivity index (χ3v) is 5.18.